The van der Waals surface area contributed by atoms with Gasteiger partial charge in [0.2, 0.25) is 0 Å². The fourth-order valence-corrected chi connectivity index (χ4v) is 3.83. The van der Waals surface area contributed by atoms with E-state index in [1.807, 2.05) is 0 Å². The van der Waals surface area contributed by atoms with E-state index >= 15 is 0 Å². The maximum Gasteiger partial charge on any atom is 0.127 e. The van der Waals surface area contributed by atoms with Crippen molar-refractivity contribution in [1.29, 1.82) is 0 Å². The molecule has 1 aliphatic heterocycles. The number of hydrogen-bond acceptors (Lipinski definition) is 2. The highest BCUT2D eigenvalue weighted by atomic mass is 16.1. The molecule has 98 valence electrons. The van der Waals surface area contributed by atoms with Crippen molar-refractivity contribution in [2.75, 3.05) is 13.1 Å². The van der Waals surface area contributed by atoms with Gasteiger partial charge < -0.3 is 4.79 Å². The number of rotatable bonds is 3. The molecule has 1 saturated carbocycles. The van der Waals surface area contributed by atoms with Crippen molar-refractivity contribution in [1.82, 2.24) is 4.90 Å². The number of hydrogen-bond donors (Lipinski definition) is 0. The lowest BCUT2D eigenvalue weighted by Crippen LogP contribution is -2.47. The SMILES string of the molecule is CC1CCCC(C=O)(CN2CCCC2(C)C)C1. The number of aldehydes is 1. The molecule has 2 aliphatic rings. The van der Waals surface area contributed by atoms with Crippen molar-refractivity contribution in [2.24, 2.45) is 11.3 Å². The Morgan fingerprint density at radius 2 is 2.06 bits per heavy atom. The summed E-state index contributed by atoms with van der Waals surface area (Å²) in [6.07, 6.45) is 8.58. The molecule has 0 bridgehead atoms. The zero-order valence-corrected chi connectivity index (χ0v) is 11.7. The normalized spacial score (nSPS) is 38.2. The van der Waals surface area contributed by atoms with Gasteiger partial charge in [-0.15, -0.1) is 0 Å². The first-order valence-electron chi connectivity index (χ1n) is 7.19. The maximum atomic E-state index is 11.6. The van der Waals surface area contributed by atoms with Gasteiger partial charge in [-0.05, 0) is 52.0 Å². The molecule has 0 amide bonds. The van der Waals surface area contributed by atoms with Crippen LogP contribution >= 0.6 is 0 Å². The Bertz CT molecular complexity index is 287. The van der Waals surface area contributed by atoms with E-state index in [4.69, 9.17) is 0 Å². The van der Waals surface area contributed by atoms with E-state index in [2.05, 4.69) is 25.7 Å². The number of carbonyl (C=O) groups is 1. The smallest absolute Gasteiger partial charge is 0.127 e. The van der Waals surface area contributed by atoms with E-state index in [-0.39, 0.29) is 5.41 Å². The minimum atomic E-state index is -0.0424. The zero-order chi connectivity index (χ0) is 12.5. The second-order valence-corrected chi connectivity index (χ2v) is 7.02. The Morgan fingerprint density at radius 3 is 2.59 bits per heavy atom. The van der Waals surface area contributed by atoms with Gasteiger partial charge in [-0.1, -0.05) is 19.8 Å². The highest BCUT2D eigenvalue weighted by molar-refractivity contribution is 5.60. The summed E-state index contributed by atoms with van der Waals surface area (Å²) >= 11 is 0. The van der Waals surface area contributed by atoms with E-state index < -0.39 is 0 Å². The molecule has 2 fully saturated rings. The maximum absolute atomic E-state index is 11.6. The molecule has 0 spiro atoms. The van der Waals surface area contributed by atoms with Crippen LogP contribution in [0.5, 0.6) is 0 Å². The van der Waals surface area contributed by atoms with Gasteiger partial charge in [-0.2, -0.15) is 0 Å². The van der Waals surface area contributed by atoms with Gasteiger partial charge in [-0.25, -0.2) is 0 Å². The molecule has 0 aromatic heterocycles. The van der Waals surface area contributed by atoms with E-state index in [9.17, 15) is 4.79 Å². The fraction of sp³-hybridized carbons (Fsp3) is 0.933. The predicted molar refractivity (Wildman–Crippen MR) is 71.0 cm³/mol. The first kappa shape index (κ1) is 13.1. The Balaban J connectivity index is 2.06. The summed E-state index contributed by atoms with van der Waals surface area (Å²) < 4.78 is 0. The van der Waals surface area contributed by atoms with Crippen LogP contribution in [-0.4, -0.2) is 29.8 Å². The van der Waals surface area contributed by atoms with Crippen molar-refractivity contribution in [3.8, 4) is 0 Å². The topological polar surface area (TPSA) is 20.3 Å². The lowest BCUT2D eigenvalue weighted by atomic mass is 9.70. The molecule has 0 N–H and O–H groups in total. The quantitative estimate of drug-likeness (QED) is 0.702. The Kier molecular flexibility index (Phi) is 3.63. The third-order valence-corrected chi connectivity index (χ3v) is 4.96. The first-order valence-corrected chi connectivity index (χ1v) is 7.19. The number of nitrogens with zero attached hydrogens (tertiary/aromatic N) is 1. The van der Waals surface area contributed by atoms with Gasteiger partial charge in [0.15, 0.2) is 0 Å². The molecule has 2 heteroatoms. The summed E-state index contributed by atoms with van der Waals surface area (Å²) in [4.78, 5) is 14.2. The van der Waals surface area contributed by atoms with Crippen LogP contribution in [0.15, 0.2) is 0 Å². The lowest BCUT2D eigenvalue weighted by molar-refractivity contribution is -0.120. The standard InChI is InChI=1S/C15H27NO/c1-13-6-4-8-15(10-13,12-17)11-16-9-5-7-14(16,2)3/h12-13H,4-11H2,1-3H3. The summed E-state index contributed by atoms with van der Waals surface area (Å²) in [5.74, 6) is 0.722. The lowest BCUT2D eigenvalue weighted by Gasteiger charge is -2.42. The number of carbonyl (C=O) groups excluding carboxylic acids is 1. The largest absolute Gasteiger partial charge is 0.303 e. The van der Waals surface area contributed by atoms with E-state index in [1.165, 1.54) is 38.5 Å². The highest BCUT2D eigenvalue weighted by Gasteiger charge is 2.41. The van der Waals surface area contributed by atoms with Crippen LogP contribution in [0.25, 0.3) is 0 Å². The molecule has 0 aromatic carbocycles. The van der Waals surface area contributed by atoms with E-state index in [1.54, 1.807) is 0 Å². The summed E-state index contributed by atoms with van der Waals surface area (Å²) in [6, 6.07) is 0. The van der Waals surface area contributed by atoms with Crippen LogP contribution in [0.4, 0.5) is 0 Å². The molecule has 2 atom stereocenters. The second-order valence-electron chi connectivity index (χ2n) is 7.02. The minimum Gasteiger partial charge on any atom is -0.303 e. The molecule has 1 heterocycles. The van der Waals surface area contributed by atoms with Gasteiger partial charge in [0.1, 0.15) is 6.29 Å². The average Bonchev–Trinajstić information content (AvgIpc) is 2.58. The van der Waals surface area contributed by atoms with Gasteiger partial charge in [0.25, 0.3) is 0 Å². The molecule has 1 aliphatic carbocycles. The molecule has 17 heavy (non-hydrogen) atoms. The first-order chi connectivity index (χ1) is 7.97. The second kappa shape index (κ2) is 4.72. The molecule has 2 unspecified atom stereocenters. The Hall–Kier alpha value is -0.370. The summed E-state index contributed by atoms with van der Waals surface area (Å²) in [5.41, 5.74) is 0.260. The summed E-state index contributed by atoms with van der Waals surface area (Å²) in [7, 11) is 0. The molecule has 1 saturated heterocycles. The molecule has 2 rings (SSSR count). The summed E-state index contributed by atoms with van der Waals surface area (Å²) in [6.45, 7) is 9.12. The van der Waals surface area contributed by atoms with Gasteiger partial charge in [0, 0.05) is 17.5 Å². The van der Waals surface area contributed by atoms with Crippen molar-refractivity contribution in [3.63, 3.8) is 0 Å². The average molecular weight is 237 g/mol. The molecule has 2 nitrogen and oxygen atoms in total. The van der Waals surface area contributed by atoms with Crippen LogP contribution < -0.4 is 0 Å². The van der Waals surface area contributed by atoms with Crippen LogP contribution in [0.3, 0.4) is 0 Å². The van der Waals surface area contributed by atoms with Crippen molar-refractivity contribution < 1.29 is 4.79 Å². The zero-order valence-electron chi connectivity index (χ0n) is 11.7. The molecular weight excluding hydrogens is 210 g/mol. The Labute approximate surface area is 106 Å². The van der Waals surface area contributed by atoms with Crippen LogP contribution in [0.2, 0.25) is 0 Å². The Morgan fingerprint density at radius 1 is 1.29 bits per heavy atom. The summed E-state index contributed by atoms with van der Waals surface area (Å²) in [5, 5.41) is 0. The molecular formula is C15H27NO. The monoisotopic (exact) mass is 237 g/mol. The van der Waals surface area contributed by atoms with E-state index in [0.717, 1.165) is 25.3 Å². The molecule has 0 radical (unpaired) electrons. The van der Waals surface area contributed by atoms with Crippen LogP contribution in [0.1, 0.15) is 59.3 Å². The van der Waals surface area contributed by atoms with Gasteiger partial charge in [0.05, 0.1) is 0 Å². The third kappa shape index (κ3) is 2.73. The van der Waals surface area contributed by atoms with Gasteiger partial charge >= 0.3 is 0 Å². The van der Waals surface area contributed by atoms with E-state index in [0.29, 0.717) is 5.54 Å². The van der Waals surface area contributed by atoms with Crippen LogP contribution in [-0.2, 0) is 4.79 Å². The molecule has 0 aromatic rings. The number of likely N-dealkylation sites (tertiary alicyclic amines) is 1. The third-order valence-electron chi connectivity index (χ3n) is 4.96. The van der Waals surface area contributed by atoms with Crippen molar-refractivity contribution in [3.05, 3.63) is 0 Å². The highest BCUT2D eigenvalue weighted by Crippen LogP contribution is 2.41. The van der Waals surface area contributed by atoms with Gasteiger partial charge in [-0.3, -0.25) is 4.90 Å². The predicted octanol–water partition coefficient (Wildman–Crippen LogP) is 3.26. The van der Waals surface area contributed by atoms with Crippen molar-refractivity contribution >= 4 is 6.29 Å². The minimum absolute atomic E-state index is 0.0424. The van der Waals surface area contributed by atoms with Crippen LogP contribution in [0, 0.1) is 11.3 Å². The van der Waals surface area contributed by atoms with Crippen molar-refractivity contribution in [2.45, 2.75) is 64.8 Å². The fourth-order valence-electron chi connectivity index (χ4n) is 3.83.